The van der Waals surface area contributed by atoms with Crippen LogP contribution in [0.5, 0.6) is 0 Å². The molecule has 21 heavy (non-hydrogen) atoms. The van der Waals surface area contributed by atoms with Crippen molar-refractivity contribution >= 4 is 23.4 Å². The van der Waals surface area contributed by atoms with E-state index >= 15 is 0 Å². The van der Waals surface area contributed by atoms with Crippen molar-refractivity contribution < 1.29 is 14.8 Å². The molecule has 0 bridgehead atoms. The van der Waals surface area contributed by atoms with Crippen LogP contribution in [0.1, 0.15) is 12.5 Å². The molecule has 8 heteroatoms. The highest BCUT2D eigenvalue weighted by Crippen LogP contribution is 2.24. The molecule has 1 N–H and O–H groups in total. The van der Waals surface area contributed by atoms with Crippen LogP contribution in [0.3, 0.4) is 0 Å². The second-order valence-corrected chi connectivity index (χ2v) is 5.50. The number of carboxylic acid groups (broad SMARTS) is 1. The Hall–Kier alpha value is -1.86. The monoisotopic (exact) mass is 313 g/mol. The zero-order valence-corrected chi connectivity index (χ0v) is 12.3. The van der Waals surface area contributed by atoms with Crippen molar-refractivity contribution in [2.75, 3.05) is 19.6 Å². The summed E-state index contributed by atoms with van der Waals surface area (Å²) in [4.78, 5) is 24.7. The van der Waals surface area contributed by atoms with Crippen LogP contribution in [0.4, 0.5) is 10.5 Å². The zero-order valence-electron chi connectivity index (χ0n) is 11.5. The number of amides is 1. The minimum absolute atomic E-state index is 0.0344. The third kappa shape index (κ3) is 3.62. The minimum atomic E-state index is -0.907. The van der Waals surface area contributed by atoms with Gasteiger partial charge in [0.25, 0.3) is 5.69 Å². The van der Waals surface area contributed by atoms with E-state index in [-0.39, 0.29) is 11.7 Å². The normalized spacial score (nSPS) is 19.5. The molecule has 1 aliphatic rings. The van der Waals surface area contributed by atoms with Crippen molar-refractivity contribution in [3.63, 3.8) is 0 Å². The summed E-state index contributed by atoms with van der Waals surface area (Å²) < 4.78 is 0. The number of nitrogens with zero attached hydrogens (tertiary/aromatic N) is 3. The molecule has 1 aromatic rings. The van der Waals surface area contributed by atoms with Crippen molar-refractivity contribution in [3.8, 4) is 0 Å². The van der Waals surface area contributed by atoms with E-state index in [4.69, 9.17) is 16.7 Å². The highest BCUT2D eigenvalue weighted by Gasteiger charge is 2.27. The Morgan fingerprint density at radius 2 is 2.24 bits per heavy atom. The van der Waals surface area contributed by atoms with Gasteiger partial charge in [0.1, 0.15) is 0 Å². The molecule has 0 aromatic heterocycles. The first-order valence-corrected chi connectivity index (χ1v) is 6.91. The summed E-state index contributed by atoms with van der Waals surface area (Å²) in [5.41, 5.74) is 0.769. The molecule has 0 unspecified atom stereocenters. The third-order valence-electron chi connectivity index (χ3n) is 3.60. The summed E-state index contributed by atoms with van der Waals surface area (Å²) in [5, 5.41) is 20.1. The van der Waals surface area contributed by atoms with E-state index in [1.54, 1.807) is 6.07 Å². The van der Waals surface area contributed by atoms with Gasteiger partial charge in [-0.2, -0.15) is 0 Å². The van der Waals surface area contributed by atoms with Crippen LogP contribution >= 0.6 is 11.6 Å². The summed E-state index contributed by atoms with van der Waals surface area (Å²) in [5.74, 6) is 0. The fourth-order valence-corrected chi connectivity index (χ4v) is 2.71. The van der Waals surface area contributed by atoms with Gasteiger partial charge in [-0.1, -0.05) is 11.6 Å². The lowest BCUT2D eigenvalue weighted by Crippen LogP contribution is -2.53. The second kappa shape index (κ2) is 6.28. The van der Waals surface area contributed by atoms with E-state index in [1.807, 2.05) is 6.92 Å². The summed E-state index contributed by atoms with van der Waals surface area (Å²) >= 11 is 6.07. The summed E-state index contributed by atoms with van der Waals surface area (Å²) in [6, 6.07) is 4.33. The highest BCUT2D eigenvalue weighted by molar-refractivity contribution is 6.31. The molecule has 1 aromatic carbocycles. The van der Waals surface area contributed by atoms with Gasteiger partial charge < -0.3 is 10.0 Å². The van der Waals surface area contributed by atoms with Gasteiger partial charge >= 0.3 is 6.09 Å². The number of hydrogen-bond donors (Lipinski definition) is 1. The molecule has 1 fully saturated rings. The van der Waals surface area contributed by atoms with Crippen molar-refractivity contribution in [1.29, 1.82) is 0 Å². The van der Waals surface area contributed by atoms with E-state index in [2.05, 4.69) is 4.90 Å². The predicted molar refractivity (Wildman–Crippen MR) is 77.6 cm³/mol. The Bertz CT molecular complexity index is 566. The number of hydrogen-bond acceptors (Lipinski definition) is 4. The van der Waals surface area contributed by atoms with Crippen molar-refractivity contribution in [2.24, 2.45) is 0 Å². The molecule has 0 saturated carbocycles. The lowest BCUT2D eigenvalue weighted by Gasteiger charge is -2.38. The van der Waals surface area contributed by atoms with Crippen LogP contribution in [0.2, 0.25) is 5.02 Å². The van der Waals surface area contributed by atoms with Gasteiger partial charge in [-0.25, -0.2) is 4.79 Å². The second-order valence-electron chi connectivity index (χ2n) is 5.09. The molecule has 2 rings (SSSR count). The molecule has 0 spiro atoms. The molecule has 114 valence electrons. The fraction of sp³-hybridized carbons (Fsp3) is 0.462. The number of non-ortho nitro benzene ring substituents is 1. The summed E-state index contributed by atoms with van der Waals surface area (Å²) in [6.45, 7) is 4.08. The van der Waals surface area contributed by atoms with Crippen LogP contribution in [-0.4, -0.2) is 51.6 Å². The Labute approximate surface area is 126 Å². The number of rotatable bonds is 3. The number of piperazine rings is 1. The molecule has 1 atom stereocenters. The van der Waals surface area contributed by atoms with Crippen molar-refractivity contribution in [2.45, 2.75) is 19.5 Å². The van der Waals surface area contributed by atoms with Crippen LogP contribution in [-0.2, 0) is 6.54 Å². The standard InChI is InChI=1S/C13H16ClN3O4/c1-9-7-15(4-5-16(9)13(18)19)8-10-2-3-11(17(20)21)6-12(10)14/h2-3,6,9H,4-5,7-8H2,1H3,(H,18,19)/t9-/m0/s1. The lowest BCUT2D eigenvalue weighted by atomic mass is 10.1. The van der Waals surface area contributed by atoms with Crippen molar-refractivity contribution in [1.82, 2.24) is 9.80 Å². The smallest absolute Gasteiger partial charge is 0.407 e. The molecular weight excluding hydrogens is 298 g/mol. The quantitative estimate of drug-likeness (QED) is 0.684. The van der Waals surface area contributed by atoms with E-state index in [1.165, 1.54) is 17.0 Å². The van der Waals surface area contributed by atoms with Gasteiger partial charge in [0.05, 0.1) is 9.95 Å². The Morgan fingerprint density at radius 3 is 2.76 bits per heavy atom. The van der Waals surface area contributed by atoms with E-state index in [0.717, 1.165) is 5.56 Å². The zero-order chi connectivity index (χ0) is 15.6. The van der Waals surface area contributed by atoms with Gasteiger partial charge in [-0.05, 0) is 18.6 Å². The highest BCUT2D eigenvalue weighted by atomic mass is 35.5. The van der Waals surface area contributed by atoms with Gasteiger partial charge in [0, 0.05) is 44.4 Å². The van der Waals surface area contributed by atoms with Crippen LogP contribution in [0, 0.1) is 10.1 Å². The van der Waals surface area contributed by atoms with Crippen molar-refractivity contribution in [3.05, 3.63) is 38.9 Å². The van der Waals surface area contributed by atoms with Gasteiger partial charge in [0.15, 0.2) is 0 Å². The molecule has 7 nitrogen and oxygen atoms in total. The summed E-state index contributed by atoms with van der Waals surface area (Å²) in [7, 11) is 0. The van der Waals surface area contributed by atoms with E-state index < -0.39 is 11.0 Å². The number of nitro benzene ring substituents is 1. The molecular formula is C13H16ClN3O4. The Kier molecular flexibility index (Phi) is 4.64. The summed E-state index contributed by atoms with van der Waals surface area (Å²) in [6.07, 6.45) is -0.907. The average molecular weight is 314 g/mol. The maximum Gasteiger partial charge on any atom is 0.407 e. The average Bonchev–Trinajstić information content (AvgIpc) is 2.40. The molecule has 1 aliphatic heterocycles. The first-order valence-electron chi connectivity index (χ1n) is 6.53. The number of benzene rings is 1. The fourth-order valence-electron chi connectivity index (χ4n) is 2.48. The molecule has 0 radical (unpaired) electrons. The predicted octanol–water partition coefficient (Wildman–Crippen LogP) is 2.43. The topological polar surface area (TPSA) is 86.9 Å². The van der Waals surface area contributed by atoms with Crippen LogP contribution < -0.4 is 0 Å². The number of halogens is 1. The van der Waals surface area contributed by atoms with Gasteiger partial charge in [0.2, 0.25) is 0 Å². The Balaban J connectivity index is 2.03. The van der Waals surface area contributed by atoms with Gasteiger partial charge in [-0.3, -0.25) is 15.0 Å². The maximum absolute atomic E-state index is 11.0. The largest absolute Gasteiger partial charge is 0.465 e. The van der Waals surface area contributed by atoms with E-state index in [0.29, 0.717) is 31.2 Å². The maximum atomic E-state index is 11.0. The number of nitro groups is 1. The third-order valence-corrected chi connectivity index (χ3v) is 3.95. The van der Waals surface area contributed by atoms with E-state index in [9.17, 15) is 14.9 Å². The lowest BCUT2D eigenvalue weighted by molar-refractivity contribution is -0.384. The Morgan fingerprint density at radius 1 is 1.52 bits per heavy atom. The molecule has 1 amide bonds. The number of carbonyl (C=O) groups is 1. The first-order chi connectivity index (χ1) is 9.88. The first kappa shape index (κ1) is 15.5. The molecule has 1 saturated heterocycles. The van der Waals surface area contributed by atoms with Crippen LogP contribution in [0.25, 0.3) is 0 Å². The molecule has 0 aliphatic carbocycles. The SMILES string of the molecule is C[C@H]1CN(Cc2ccc([N+](=O)[O-])cc2Cl)CCN1C(=O)O. The molecule has 1 heterocycles. The van der Waals surface area contributed by atoms with Crippen LogP contribution in [0.15, 0.2) is 18.2 Å². The van der Waals surface area contributed by atoms with Gasteiger partial charge in [-0.15, -0.1) is 0 Å². The minimum Gasteiger partial charge on any atom is -0.465 e.